The molecule has 0 saturated heterocycles. The number of nitrogens with zero attached hydrogens (tertiary/aromatic N) is 1. The van der Waals surface area contributed by atoms with Crippen molar-refractivity contribution in [1.29, 1.82) is 0 Å². The van der Waals surface area contributed by atoms with Gasteiger partial charge < -0.3 is 24.4 Å². The average Bonchev–Trinajstić information content (AvgIpc) is 3.17. The summed E-state index contributed by atoms with van der Waals surface area (Å²) in [6.45, 7) is 16.7. The fourth-order valence-corrected chi connectivity index (χ4v) is 7.40. The molecule has 338 valence electrons. The minimum Gasteiger partial charge on any atom is -0.466 e. The Balaban J connectivity index is 4.43. The van der Waals surface area contributed by atoms with Gasteiger partial charge in [0, 0.05) is 19.5 Å². The highest BCUT2D eigenvalue weighted by atomic mass is 16.6. The van der Waals surface area contributed by atoms with Crippen molar-refractivity contribution in [1.82, 2.24) is 10.2 Å². The Morgan fingerprint density at radius 1 is 0.491 bits per heavy atom. The van der Waals surface area contributed by atoms with E-state index in [1.54, 1.807) is 0 Å². The predicted octanol–water partition coefficient (Wildman–Crippen LogP) is 14.1. The standard InChI is InChI=1S/C49H96N2O6/c1-7-10-13-16-19-20-21-25-31-38-46(52)55-43-35-28-33-41-51(42-39-50-48(54)57-49(4,5)6)40-32-26-22-27-34-44-56-47(53)45(36-29-23-17-14-11-8-2)37-30-24-18-15-12-9-3/h45H,7-44H2,1-6H3,(H,50,54). The lowest BCUT2D eigenvalue weighted by Crippen LogP contribution is -2.38. The Morgan fingerprint density at radius 3 is 1.39 bits per heavy atom. The molecule has 0 aliphatic carbocycles. The zero-order valence-electron chi connectivity index (χ0n) is 38.8. The Morgan fingerprint density at radius 2 is 0.895 bits per heavy atom. The summed E-state index contributed by atoms with van der Waals surface area (Å²) in [6, 6.07) is 0. The van der Waals surface area contributed by atoms with Crippen LogP contribution in [0.5, 0.6) is 0 Å². The molecule has 0 bridgehead atoms. The zero-order valence-corrected chi connectivity index (χ0v) is 38.8. The molecule has 0 aromatic carbocycles. The van der Waals surface area contributed by atoms with Crippen molar-refractivity contribution >= 4 is 18.0 Å². The van der Waals surface area contributed by atoms with Crippen LogP contribution in [0.3, 0.4) is 0 Å². The van der Waals surface area contributed by atoms with Crippen molar-refractivity contribution < 1.29 is 28.6 Å². The van der Waals surface area contributed by atoms with Crippen molar-refractivity contribution in [2.75, 3.05) is 39.4 Å². The molecule has 0 aromatic heterocycles. The van der Waals surface area contributed by atoms with Gasteiger partial charge in [0.05, 0.1) is 19.1 Å². The maximum absolute atomic E-state index is 13.1. The van der Waals surface area contributed by atoms with Crippen molar-refractivity contribution in [2.24, 2.45) is 5.92 Å². The van der Waals surface area contributed by atoms with Gasteiger partial charge in [0.15, 0.2) is 0 Å². The quantitative estimate of drug-likeness (QED) is 0.0373. The number of hydrogen-bond donors (Lipinski definition) is 1. The second-order valence-corrected chi connectivity index (χ2v) is 17.9. The second-order valence-electron chi connectivity index (χ2n) is 17.9. The number of amides is 1. The van der Waals surface area contributed by atoms with Crippen molar-refractivity contribution in [2.45, 2.75) is 253 Å². The molecule has 0 aromatic rings. The van der Waals surface area contributed by atoms with Gasteiger partial charge in [-0.05, 0) is 85.2 Å². The van der Waals surface area contributed by atoms with Crippen LogP contribution in [0, 0.1) is 5.92 Å². The Hall–Kier alpha value is -1.83. The summed E-state index contributed by atoms with van der Waals surface area (Å²) in [6.07, 6.45) is 36.8. The third-order valence-electron chi connectivity index (χ3n) is 11.0. The molecule has 0 aliphatic rings. The number of ether oxygens (including phenoxy) is 3. The lowest BCUT2D eigenvalue weighted by Gasteiger charge is -2.24. The SMILES string of the molecule is CCCCCCCCCCCC(=O)OCCCCCN(CCCCCCCOC(=O)C(CCCCCCCC)CCCCCCCC)CCNC(=O)OC(C)(C)C. The van der Waals surface area contributed by atoms with E-state index in [1.165, 1.54) is 109 Å². The summed E-state index contributed by atoms with van der Waals surface area (Å²) < 4.78 is 16.8. The lowest BCUT2D eigenvalue weighted by atomic mass is 9.94. The number of alkyl carbamates (subject to hydrolysis) is 1. The van der Waals surface area contributed by atoms with E-state index >= 15 is 0 Å². The molecule has 57 heavy (non-hydrogen) atoms. The van der Waals surface area contributed by atoms with Crippen LogP contribution in [-0.4, -0.2) is 67.9 Å². The van der Waals surface area contributed by atoms with E-state index in [4.69, 9.17) is 14.2 Å². The van der Waals surface area contributed by atoms with Crippen LogP contribution in [0.15, 0.2) is 0 Å². The van der Waals surface area contributed by atoms with Gasteiger partial charge in [-0.1, -0.05) is 168 Å². The Kier molecular flexibility index (Phi) is 39.6. The molecule has 1 amide bonds. The number of carbonyl (C=O) groups excluding carboxylic acids is 3. The number of esters is 2. The van der Waals surface area contributed by atoms with E-state index in [0.29, 0.717) is 26.2 Å². The summed E-state index contributed by atoms with van der Waals surface area (Å²) in [4.78, 5) is 39.9. The summed E-state index contributed by atoms with van der Waals surface area (Å²) >= 11 is 0. The maximum atomic E-state index is 13.1. The zero-order chi connectivity index (χ0) is 42.1. The van der Waals surface area contributed by atoms with E-state index < -0.39 is 5.60 Å². The first kappa shape index (κ1) is 55.2. The first-order valence-corrected chi connectivity index (χ1v) is 24.6. The highest BCUT2D eigenvalue weighted by Gasteiger charge is 2.19. The summed E-state index contributed by atoms with van der Waals surface area (Å²) in [7, 11) is 0. The van der Waals surface area contributed by atoms with Gasteiger partial charge in [-0.25, -0.2) is 4.79 Å². The molecule has 0 saturated carbocycles. The summed E-state index contributed by atoms with van der Waals surface area (Å²) in [5.74, 6) is 0.0599. The molecule has 8 nitrogen and oxygen atoms in total. The fourth-order valence-electron chi connectivity index (χ4n) is 7.40. The molecule has 0 spiro atoms. The van der Waals surface area contributed by atoms with Crippen molar-refractivity contribution in [3.05, 3.63) is 0 Å². The van der Waals surface area contributed by atoms with E-state index in [-0.39, 0.29) is 23.9 Å². The number of carbonyl (C=O) groups is 3. The number of rotatable bonds is 42. The second kappa shape index (κ2) is 40.9. The Labute approximate surface area is 353 Å². The summed E-state index contributed by atoms with van der Waals surface area (Å²) in [5.41, 5.74) is -0.512. The van der Waals surface area contributed by atoms with Crippen LogP contribution < -0.4 is 5.32 Å². The van der Waals surface area contributed by atoms with E-state index in [0.717, 1.165) is 110 Å². The third-order valence-corrected chi connectivity index (χ3v) is 11.0. The van der Waals surface area contributed by atoms with Crippen LogP contribution in [-0.2, 0) is 23.8 Å². The normalized spacial score (nSPS) is 11.7. The van der Waals surface area contributed by atoms with Crippen LogP contribution in [0.1, 0.15) is 247 Å². The highest BCUT2D eigenvalue weighted by Crippen LogP contribution is 2.21. The van der Waals surface area contributed by atoms with Gasteiger partial charge in [-0.3, -0.25) is 9.59 Å². The van der Waals surface area contributed by atoms with Crippen molar-refractivity contribution in [3.63, 3.8) is 0 Å². The number of nitrogens with one attached hydrogen (secondary N) is 1. The minimum atomic E-state index is -0.512. The molecular weight excluding hydrogens is 713 g/mol. The van der Waals surface area contributed by atoms with Gasteiger partial charge in [-0.2, -0.15) is 0 Å². The van der Waals surface area contributed by atoms with Gasteiger partial charge in [0.2, 0.25) is 0 Å². The van der Waals surface area contributed by atoms with E-state index in [9.17, 15) is 14.4 Å². The molecule has 0 unspecified atom stereocenters. The highest BCUT2D eigenvalue weighted by molar-refractivity contribution is 5.72. The number of hydrogen-bond acceptors (Lipinski definition) is 7. The Bertz CT molecular complexity index is 891. The predicted molar refractivity (Wildman–Crippen MR) is 241 cm³/mol. The van der Waals surface area contributed by atoms with E-state index in [1.807, 2.05) is 20.8 Å². The van der Waals surface area contributed by atoms with Gasteiger partial charge in [0.1, 0.15) is 5.60 Å². The van der Waals surface area contributed by atoms with Crippen LogP contribution in [0.25, 0.3) is 0 Å². The molecule has 0 atom stereocenters. The van der Waals surface area contributed by atoms with Gasteiger partial charge in [0.25, 0.3) is 0 Å². The minimum absolute atomic E-state index is 0.0417. The van der Waals surface area contributed by atoms with Crippen LogP contribution >= 0.6 is 0 Å². The van der Waals surface area contributed by atoms with Crippen LogP contribution in [0.4, 0.5) is 4.79 Å². The fraction of sp³-hybridized carbons (Fsp3) is 0.939. The van der Waals surface area contributed by atoms with Crippen LogP contribution in [0.2, 0.25) is 0 Å². The average molecular weight is 809 g/mol. The molecule has 0 fully saturated rings. The van der Waals surface area contributed by atoms with Gasteiger partial charge >= 0.3 is 18.0 Å². The van der Waals surface area contributed by atoms with E-state index in [2.05, 4.69) is 31.0 Å². The molecule has 0 radical (unpaired) electrons. The molecule has 8 heteroatoms. The maximum Gasteiger partial charge on any atom is 0.407 e. The van der Waals surface area contributed by atoms with Gasteiger partial charge in [-0.15, -0.1) is 0 Å². The van der Waals surface area contributed by atoms with Crippen molar-refractivity contribution in [3.8, 4) is 0 Å². The molecule has 0 aliphatic heterocycles. The smallest absolute Gasteiger partial charge is 0.407 e. The molecular formula is C49H96N2O6. The third kappa shape index (κ3) is 40.7. The topological polar surface area (TPSA) is 94.2 Å². The largest absolute Gasteiger partial charge is 0.466 e. The monoisotopic (exact) mass is 809 g/mol. The molecule has 1 N–H and O–H groups in total. The number of unbranched alkanes of at least 4 members (excludes halogenated alkanes) is 24. The molecule has 0 heterocycles. The molecule has 0 rings (SSSR count). The first-order valence-electron chi connectivity index (χ1n) is 24.6. The lowest BCUT2D eigenvalue weighted by molar-refractivity contribution is -0.149. The summed E-state index contributed by atoms with van der Waals surface area (Å²) in [5, 5.41) is 2.91. The first-order chi connectivity index (χ1) is 27.6.